The molecule has 2 rings (SSSR count). The largest absolute Gasteiger partial charge is 0.493 e. The molecule has 0 spiro atoms. The summed E-state index contributed by atoms with van der Waals surface area (Å²) in [5.74, 6) is -1.06. The lowest BCUT2D eigenvalue weighted by molar-refractivity contribution is -0.136. The molecule has 2 aromatic rings. The SMILES string of the molecule is CCOc1ccccc1C=NNC(=O)C(=O)Nc1ccc(Cl)cc1. The van der Waals surface area contributed by atoms with E-state index in [1.165, 1.54) is 6.21 Å². The van der Waals surface area contributed by atoms with Gasteiger partial charge in [0.05, 0.1) is 12.8 Å². The maximum atomic E-state index is 11.8. The van der Waals surface area contributed by atoms with Crippen molar-refractivity contribution in [1.29, 1.82) is 0 Å². The van der Waals surface area contributed by atoms with Gasteiger partial charge in [0, 0.05) is 16.3 Å². The summed E-state index contributed by atoms with van der Waals surface area (Å²) in [7, 11) is 0. The first kappa shape index (κ1) is 17.5. The number of hydrogen-bond donors (Lipinski definition) is 2. The van der Waals surface area contributed by atoms with Crippen LogP contribution in [0.3, 0.4) is 0 Å². The minimum atomic E-state index is -0.880. The van der Waals surface area contributed by atoms with Gasteiger partial charge in [0.2, 0.25) is 0 Å². The van der Waals surface area contributed by atoms with Gasteiger partial charge < -0.3 is 10.1 Å². The van der Waals surface area contributed by atoms with Crippen LogP contribution in [0.5, 0.6) is 5.75 Å². The van der Waals surface area contributed by atoms with Crippen molar-refractivity contribution in [2.75, 3.05) is 11.9 Å². The second-order valence-corrected chi connectivity index (χ2v) is 5.07. The molecular formula is C17H16ClN3O3. The van der Waals surface area contributed by atoms with Crippen LogP contribution in [0.25, 0.3) is 0 Å². The maximum absolute atomic E-state index is 11.8. The number of rotatable bonds is 5. The fraction of sp³-hybridized carbons (Fsp3) is 0.118. The minimum Gasteiger partial charge on any atom is -0.493 e. The zero-order valence-corrected chi connectivity index (χ0v) is 13.7. The number of anilines is 1. The normalized spacial score (nSPS) is 10.4. The highest BCUT2D eigenvalue weighted by Crippen LogP contribution is 2.15. The van der Waals surface area contributed by atoms with E-state index in [1.54, 1.807) is 36.4 Å². The van der Waals surface area contributed by atoms with Crippen LogP contribution in [-0.4, -0.2) is 24.6 Å². The van der Waals surface area contributed by atoms with Crippen LogP contribution >= 0.6 is 11.6 Å². The lowest BCUT2D eigenvalue weighted by atomic mass is 10.2. The highest BCUT2D eigenvalue weighted by atomic mass is 35.5. The van der Waals surface area contributed by atoms with Crippen molar-refractivity contribution in [1.82, 2.24) is 5.43 Å². The van der Waals surface area contributed by atoms with Gasteiger partial charge in [0.1, 0.15) is 5.75 Å². The van der Waals surface area contributed by atoms with Crippen LogP contribution < -0.4 is 15.5 Å². The molecule has 24 heavy (non-hydrogen) atoms. The molecule has 0 saturated carbocycles. The van der Waals surface area contributed by atoms with Gasteiger partial charge in [-0.15, -0.1) is 0 Å². The van der Waals surface area contributed by atoms with E-state index in [0.717, 1.165) is 0 Å². The van der Waals surface area contributed by atoms with Gasteiger partial charge in [-0.2, -0.15) is 5.10 Å². The number of benzene rings is 2. The summed E-state index contributed by atoms with van der Waals surface area (Å²) in [6, 6.07) is 13.6. The summed E-state index contributed by atoms with van der Waals surface area (Å²) in [6.45, 7) is 2.39. The predicted octanol–water partition coefficient (Wildman–Crippen LogP) is 2.83. The molecule has 0 aliphatic heterocycles. The molecule has 0 heterocycles. The number of hydrogen-bond acceptors (Lipinski definition) is 4. The van der Waals surface area contributed by atoms with Gasteiger partial charge in [-0.25, -0.2) is 5.43 Å². The fourth-order valence-corrected chi connectivity index (χ4v) is 1.93. The molecule has 0 radical (unpaired) electrons. The number of para-hydroxylation sites is 1. The number of ether oxygens (including phenoxy) is 1. The Morgan fingerprint density at radius 2 is 1.83 bits per heavy atom. The van der Waals surface area contributed by atoms with Crippen molar-refractivity contribution in [2.45, 2.75) is 6.92 Å². The molecule has 0 saturated heterocycles. The second kappa shape index (κ2) is 8.69. The first-order valence-corrected chi connectivity index (χ1v) is 7.59. The van der Waals surface area contributed by atoms with Gasteiger partial charge >= 0.3 is 11.8 Å². The Labute approximate surface area is 144 Å². The molecule has 2 aromatic carbocycles. The van der Waals surface area contributed by atoms with Crippen molar-refractivity contribution in [2.24, 2.45) is 5.10 Å². The third-order valence-electron chi connectivity index (χ3n) is 2.90. The van der Waals surface area contributed by atoms with Gasteiger partial charge in [-0.1, -0.05) is 23.7 Å². The number of amides is 2. The first-order chi connectivity index (χ1) is 11.6. The van der Waals surface area contributed by atoms with Crippen LogP contribution in [0.2, 0.25) is 5.02 Å². The monoisotopic (exact) mass is 345 g/mol. The minimum absolute atomic E-state index is 0.463. The topological polar surface area (TPSA) is 79.8 Å². The van der Waals surface area contributed by atoms with E-state index in [0.29, 0.717) is 28.6 Å². The Hall–Kier alpha value is -2.86. The van der Waals surface area contributed by atoms with Gasteiger partial charge in [0.25, 0.3) is 0 Å². The van der Waals surface area contributed by atoms with E-state index in [2.05, 4.69) is 15.8 Å². The molecule has 0 bridgehead atoms. The molecule has 0 aliphatic carbocycles. The molecular weight excluding hydrogens is 330 g/mol. The molecule has 0 aliphatic rings. The first-order valence-electron chi connectivity index (χ1n) is 7.22. The van der Waals surface area contributed by atoms with Gasteiger partial charge in [0.15, 0.2) is 0 Å². The average molecular weight is 346 g/mol. The van der Waals surface area contributed by atoms with Crippen LogP contribution in [0.4, 0.5) is 5.69 Å². The van der Waals surface area contributed by atoms with Crippen LogP contribution in [0, 0.1) is 0 Å². The summed E-state index contributed by atoms with van der Waals surface area (Å²) in [5.41, 5.74) is 3.32. The van der Waals surface area contributed by atoms with Crippen molar-refractivity contribution < 1.29 is 14.3 Å². The summed E-state index contributed by atoms with van der Waals surface area (Å²) in [4.78, 5) is 23.5. The lowest BCUT2D eigenvalue weighted by Crippen LogP contribution is -2.32. The predicted molar refractivity (Wildman–Crippen MR) is 93.4 cm³/mol. The van der Waals surface area contributed by atoms with Gasteiger partial charge in [-0.05, 0) is 43.3 Å². The molecule has 0 atom stereocenters. The Morgan fingerprint density at radius 3 is 2.54 bits per heavy atom. The van der Waals surface area contributed by atoms with Gasteiger partial charge in [-0.3, -0.25) is 9.59 Å². The van der Waals surface area contributed by atoms with Crippen LogP contribution in [0.1, 0.15) is 12.5 Å². The highest BCUT2D eigenvalue weighted by molar-refractivity contribution is 6.39. The maximum Gasteiger partial charge on any atom is 0.329 e. The third-order valence-corrected chi connectivity index (χ3v) is 3.15. The standard InChI is InChI=1S/C17H16ClN3O3/c1-2-24-15-6-4-3-5-12(15)11-19-21-17(23)16(22)20-14-9-7-13(18)8-10-14/h3-11H,2H2,1H3,(H,20,22)(H,21,23). The summed E-state index contributed by atoms with van der Waals surface area (Å²) in [6.07, 6.45) is 1.42. The molecule has 0 fully saturated rings. The number of halogens is 1. The Kier molecular flexibility index (Phi) is 6.33. The second-order valence-electron chi connectivity index (χ2n) is 4.63. The molecule has 7 heteroatoms. The number of hydrazone groups is 1. The third kappa shape index (κ3) is 5.10. The molecule has 2 amide bonds. The Morgan fingerprint density at radius 1 is 1.12 bits per heavy atom. The Balaban J connectivity index is 1.92. The molecule has 0 unspecified atom stereocenters. The molecule has 6 nitrogen and oxygen atoms in total. The number of carbonyl (C=O) groups is 2. The highest BCUT2D eigenvalue weighted by Gasteiger charge is 2.12. The number of carbonyl (C=O) groups excluding carboxylic acids is 2. The van der Waals surface area contributed by atoms with E-state index < -0.39 is 11.8 Å². The number of nitrogens with one attached hydrogen (secondary N) is 2. The van der Waals surface area contributed by atoms with E-state index in [1.807, 2.05) is 19.1 Å². The molecule has 0 aromatic heterocycles. The molecule has 2 N–H and O–H groups in total. The van der Waals surface area contributed by atoms with E-state index in [-0.39, 0.29) is 0 Å². The lowest BCUT2D eigenvalue weighted by Gasteiger charge is -2.06. The van der Waals surface area contributed by atoms with Crippen LogP contribution in [-0.2, 0) is 9.59 Å². The summed E-state index contributed by atoms with van der Waals surface area (Å²) >= 11 is 5.75. The molecule has 124 valence electrons. The quantitative estimate of drug-likeness (QED) is 0.497. The summed E-state index contributed by atoms with van der Waals surface area (Å²) in [5, 5.41) is 6.75. The van der Waals surface area contributed by atoms with E-state index in [4.69, 9.17) is 16.3 Å². The van der Waals surface area contributed by atoms with E-state index in [9.17, 15) is 9.59 Å². The zero-order valence-electron chi connectivity index (χ0n) is 13.0. The van der Waals surface area contributed by atoms with E-state index >= 15 is 0 Å². The smallest absolute Gasteiger partial charge is 0.329 e. The fourth-order valence-electron chi connectivity index (χ4n) is 1.81. The average Bonchev–Trinajstić information content (AvgIpc) is 2.58. The summed E-state index contributed by atoms with van der Waals surface area (Å²) < 4.78 is 5.44. The number of nitrogens with zero attached hydrogens (tertiary/aromatic N) is 1. The van der Waals surface area contributed by atoms with Crippen LogP contribution in [0.15, 0.2) is 53.6 Å². The van der Waals surface area contributed by atoms with Crippen molar-refractivity contribution in [3.8, 4) is 5.75 Å². The Bertz CT molecular complexity index is 745. The van der Waals surface area contributed by atoms with Crippen molar-refractivity contribution in [3.05, 3.63) is 59.1 Å². The zero-order chi connectivity index (χ0) is 17.4. The van der Waals surface area contributed by atoms with Crippen molar-refractivity contribution >= 4 is 35.3 Å². The van der Waals surface area contributed by atoms with Crippen molar-refractivity contribution in [3.63, 3.8) is 0 Å².